The molecule has 0 aliphatic carbocycles. The third kappa shape index (κ3) is 6.36. The monoisotopic (exact) mass is 258 g/mol. The number of likely N-dealkylation sites (N-methyl/N-ethyl adjacent to an activating group) is 1. The topological polar surface area (TPSA) is 52.6 Å². The Morgan fingerprint density at radius 3 is 2.17 bits per heavy atom. The number of hydrogen-bond donors (Lipinski definition) is 2. The zero-order valence-electron chi connectivity index (χ0n) is 12.6. The van der Waals surface area contributed by atoms with E-state index in [0.717, 1.165) is 25.9 Å². The van der Waals surface area contributed by atoms with Gasteiger partial charge in [-0.3, -0.25) is 4.79 Å². The number of nitrogens with one attached hydrogen (secondary N) is 1. The van der Waals surface area contributed by atoms with E-state index in [4.69, 9.17) is 5.11 Å². The van der Waals surface area contributed by atoms with Crippen LogP contribution in [-0.2, 0) is 4.79 Å². The lowest BCUT2D eigenvalue weighted by molar-refractivity contribution is -0.139. The van der Waals surface area contributed by atoms with Crippen molar-refractivity contribution in [1.29, 1.82) is 0 Å². The molecular formula is C14H30N2O2. The fourth-order valence-corrected chi connectivity index (χ4v) is 2.38. The summed E-state index contributed by atoms with van der Waals surface area (Å²) in [6, 6.07) is 0.132. The Hall–Kier alpha value is -0.610. The van der Waals surface area contributed by atoms with E-state index in [1.54, 1.807) is 7.05 Å². The van der Waals surface area contributed by atoms with Gasteiger partial charge in [0.25, 0.3) is 0 Å². The molecule has 4 heteroatoms. The molecule has 4 nitrogen and oxygen atoms in total. The van der Waals surface area contributed by atoms with Crippen LogP contribution in [0.2, 0.25) is 0 Å². The summed E-state index contributed by atoms with van der Waals surface area (Å²) in [7, 11) is 1.71. The SMILES string of the molecule is CCC(CC)N(CCC(NC)C(=O)O)CC(C)C. The largest absolute Gasteiger partial charge is 0.480 e. The van der Waals surface area contributed by atoms with Crippen LogP contribution in [0.15, 0.2) is 0 Å². The molecule has 0 rings (SSSR count). The van der Waals surface area contributed by atoms with E-state index < -0.39 is 12.0 Å². The average Bonchev–Trinajstić information content (AvgIpc) is 2.29. The van der Waals surface area contributed by atoms with Crippen LogP contribution in [0, 0.1) is 5.92 Å². The molecular weight excluding hydrogens is 228 g/mol. The van der Waals surface area contributed by atoms with Gasteiger partial charge in [-0.15, -0.1) is 0 Å². The lowest BCUT2D eigenvalue weighted by atomic mass is 10.1. The van der Waals surface area contributed by atoms with E-state index in [2.05, 4.69) is 37.9 Å². The second-order valence-corrected chi connectivity index (χ2v) is 5.33. The molecule has 0 aromatic rings. The molecule has 0 aliphatic rings. The Bertz CT molecular complexity index is 228. The number of carbonyl (C=O) groups is 1. The Morgan fingerprint density at radius 2 is 1.83 bits per heavy atom. The molecule has 1 unspecified atom stereocenters. The molecule has 2 N–H and O–H groups in total. The van der Waals surface area contributed by atoms with Crippen LogP contribution in [0.25, 0.3) is 0 Å². The minimum atomic E-state index is -0.758. The predicted octanol–water partition coefficient (Wildman–Crippen LogP) is 2.20. The summed E-state index contributed by atoms with van der Waals surface area (Å²) in [6.45, 7) is 10.7. The lowest BCUT2D eigenvalue weighted by Crippen LogP contribution is -2.42. The highest BCUT2D eigenvalue weighted by Gasteiger charge is 2.20. The molecule has 0 amide bonds. The number of hydrogen-bond acceptors (Lipinski definition) is 3. The third-order valence-electron chi connectivity index (χ3n) is 3.41. The van der Waals surface area contributed by atoms with Crippen LogP contribution in [0.5, 0.6) is 0 Å². The summed E-state index contributed by atoms with van der Waals surface area (Å²) in [6.07, 6.45) is 2.91. The molecule has 0 saturated heterocycles. The van der Waals surface area contributed by atoms with Gasteiger partial charge < -0.3 is 15.3 Å². The van der Waals surface area contributed by atoms with Gasteiger partial charge >= 0.3 is 5.97 Å². The van der Waals surface area contributed by atoms with Crippen LogP contribution in [0.1, 0.15) is 47.0 Å². The van der Waals surface area contributed by atoms with E-state index in [1.807, 2.05) is 0 Å². The molecule has 1 atom stereocenters. The van der Waals surface area contributed by atoms with Gasteiger partial charge in [0.15, 0.2) is 0 Å². The van der Waals surface area contributed by atoms with Crippen molar-refractivity contribution in [3.05, 3.63) is 0 Å². The number of nitrogens with zero attached hydrogens (tertiary/aromatic N) is 1. The van der Waals surface area contributed by atoms with Crippen molar-refractivity contribution >= 4 is 5.97 Å². The van der Waals surface area contributed by atoms with Crippen molar-refractivity contribution < 1.29 is 9.90 Å². The number of rotatable bonds is 10. The van der Waals surface area contributed by atoms with Gasteiger partial charge in [0, 0.05) is 19.1 Å². The summed E-state index contributed by atoms with van der Waals surface area (Å²) in [5.41, 5.74) is 0. The maximum atomic E-state index is 11.0. The Kier molecular flexibility index (Phi) is 9.02. The fraction of sp³-hybridized carbons (Fsp3) is 0.929. The van der Waals surface area contributed by atoms with Gasteiger partial charge in [-0.1, -0.05) is 27.7 Å². The molecule has 0 radical (unpaired) electrons. The standard InChI is InChI=1S/C14H30N2O2/c1-6-12(7-2)16(10-11(3)4)9-8-13(15-5)14(17)18/h11-13,15H,6-10H2,1-5H3,(H,17,18). The summed E-state index contributed by atoms with van der Waals surface area (Å²) in [5.74, 6) is -0.144. The summed E-state index contributed by atoms with van der Waals surface area (Å²) in [4.78, 5) is 13.4. The van der Waals surface area contributed by atoms with Gasteiger partial charge in [0.2, 0.25) is 0 Å². The predicted molar refractivity (Wildman–Crippen MR) is 75.9 cm³/mol. The maximum absolute atomic E-state index is 11.0. The van der Waals surface area contributed by atoms with Crippen molar-refractivity contribution in [2.75, 3.05) is 20.1 Å². The van der Waals surface area contributed by atoms with Gasteiger partial charge in [-0.2, -0.15) is 0 Å². The summed E-state index contributed by atoms with van der Waals surface area (Å²) >= 11 is 0. The van der Waals surface area contributed by atoms with Crippen molar-refractivity contribution in [1.82, 2.24) is 10.2 Å². The first-order valence-electron chi connectivity index (χ1n) is 7.10. The number of carboxylic acids is 1. The average molecular weight is 258 g/mol. The minimum Gasteiger partial charge on any atom is -0.480 e. The molecule has 0 aliphatic heterocycles. The van der Waals surface area contributed by atoms with Gasteiger partial charge in [0.05, 0.1) is 0 Å². The van der Waals surface area contributed by atoms with E-state index in [1.165, 1.54) is 0 Å². The van der Waals surface area contributed by atoms with Crippen LogP contribution in [-0.4, -0.2) is 48.2 Å². The summed E-state index contributed by atoms with van der Waals surface area (Å²) in [5, 5.41) is 11.9. The number of aliphatic carboxylic acids is 1. The molecule has 0 bridgehead atoms. The van der Waals surface area contributed by atoms with Crippen LogP contribution in [0.4, 0.5) is 0 Å². The van der Waals surface area contributed by atoms with Crippen LogP contribution < -0.4 is 5.32 Å². The molecule has 0 aromatic carbocycles. The van der Waals surface area contributed by atoms with Crippen molar-refractivity contribution in [2.24, 2.45) is 5.92 Å². The molecule has 108 valence electrons. The second kappa shape index (κ2) is 9.34. The molecule has 0 aromatic heterocycles. The van der Waals surface area contributed by atoms with E-state index in [9.17, 15) is 4.79 Å². The molecule has 0 spiro atoms. The second-order valence-electron chi connectivity index (χ2n) is 5.33. The first-order valence-corrected chi connectivity index (χ1v) is 7.10. The minimum absolute atomic E-state index is 0.436. The highest BCUT2D eigenvalue weighted by Crippen LogP contribution is 2.12. The van der Waals surface area contributed by atoms with Crippen LogP contribution in [0.3, 0.4) is 0 Å². The van der Waals surface area contributed by atoms with Crippen molar-refractivity contribution in [3.63, 3.8) is 0 Å². The van der Waals surface area contributed by atoms with E-state index in [0.29, 0.717) is 18.4 Å². The zero-order chi connectivity index (χ0) is 14.1. The molecule has 0 saturated carbocycles. The Labute approximate surface area is 112 Å². The Morgan fingerprint density at radius 1 is 1.28 bits per heavy atom. The smallest absolute Gasteiger partial charge is 0.320 e. The maximum Gasteiger partial charge on any atom is 0.320 e. The molecule has 0 heterocycles. The van der Waals surface area contributed by atoms with Crippen LogP contribution >= 0.6 is 0 Å². The molecule has 0 fully saturated rings. The van der Waals surface area contributed by atoms with E-state index >= 15 is 0 Å². The van der Waals surface area contributed by atoms with Crippen molar-refractivity contribution in [3.8, 4) is 0 Å². The third-order valence-corrected chi connectivity index (χ3v) is 3.41. The fourth-order valence-electron chi connectivity index (χ4n) is 2.38. The first-order chi connectivity index (χ1) is 8.46. The normalized spacial score (nSPS) is 13.6. The highest BCUT2D eigenvalue weighted by atomic mass is 16.4. The van der Waals surface area contributed by atoms with Gasteiger partial charge in [-0.25, -0.2) is 0 Å². The zero-order valence-corrected chi connectivity index (χ0v) is 12.6. The van der Waals surface area contributed by atoms with E-state index in [-0.39, 0.29) is 0 Å². The quantitative estimate of drug-likeness (QED) is 0.631. The van der Waals surface area contributed by atoms with Gasteiger partial charge in [0.1, 0.15) is 6.04 Å². The molecule has 18 heavy (non-hydrogen) atoms. The Balaban J connectivity index is 4.43. The lowest BCUT2D eigenvalue weighted by Gasteiger charge is -2.32. The first kappa shape index (κ1) is 17.4. The highest BCUT2D eigenvalue weighted by molar-refractivity contribution is 5.73. The van der Waals surface area contributed by atoms with Crippen molar-refractivity contribution in [2.45, 2.75) is 59.0 Å². The van der Waals surface area contributed by atoms with Gasteiger partial charge in [-0.05, 0) is 32.2 Å². The summed E-state index contributed by atoms with van der Waals surface area (Å²) < 4.78 is 0. The number of carboxylic acid groups (broad SMARTS) is 1.